The van der Waals surface area contributed by atoms with Crippen LogP contribution in [0.4, 0.5) is 0 Å². The number of hydrogen-bond acceptors (Lipinski definition) is 2. The molecule has 1 fully saturated rings. The maximum absolute atomic E-state index is 8.02. The molecule has 2 heterocycles. The zero-order valence-corrected chi connectivity index (χ0v) is 5.97. The van der Waals surface area contributed by atoms with E-state index in [4.69, 9.17) is 17.8 Å². The summed E-state index contributed by atoms with van der Waals surface area (Å²) < 4.78 is 101. The highest BCUT2D eigenvalue weighted by Gasteiger charge is 2.21. The normalized spacial score (nSPS) is 54.0. The second-order valence-electron chi connectivity index (χ2n) is 2.15. The summed E-state index contributed by atoms with van der Waals surface area (Å²) in [5, 5.41) is 0. The Hall–Kier alpha value is -0.890. The molecule has 1 saturated heterocycles. The fraction of sp³-hybridized carbons (Fsp3) is 0.500. The van der Waals surface area contributed by atoms with Gasteiger partial charge in [-0.3, -0.25) is 9.88 Å². The van der Waals surface area contributed by atoms with Crippen molar-refractivity contribution in [1.82, 2.24) is 9.88 Å². The minimum Gasteiger partial charge on any atom is -0.299 e. The van der Waals surface area contributed by atoms with Gasteiger partial charge in [-0.2, -0.15) is 0 Å². The van der Waals surface area contributed by atoms with Crippen LogP contribution in [0.1, 0.15) is 42.2 Å². The van der Waals surface area contributed by atoms with Crippen LogP contribution in [0.5, 0.6) is 0 Å². The van der Waals surface area contributed by atoms with Crippen LogP contribution in [-0.4, -0.2) is 23.4 Å². The molecule has 64 valence electrons. The molecule has 0 saturated carbocycles. The van der Waals surface area contributed by atoms with E-state index in [1.807, 2.05) is 0 Å². The topological polar surface area (TPSA) is 16.1 Å². The number of rotatable bonds is 1. The lowest BCUT2D eigenvalue weighted by Crippen LogP contribution is -2.17. The Morgan fingerprint density at radius 3 is 3.83 bits per heavy atom. The Morgan fingerprint density at radius 2 is 2.92 bits per heavy atom. The van der Waals surface area contributed by atoms with Gasteiger partial charge >= 0.3 is 0 Å². The minimum absolute atomic E-state index is 0.0316. The summed E-state index contributed by atoms with van der Waals surface area (Å²) >= 11 is 0. The van der Waals surface area contributed by atoms with Crippen molar-refractivity contribution in [2.75, 3.05) is 13.5 Å². The largest absolute Gasteiger partial charge is 0.299 e. The first kappa shape index (κ1) is 1.80. The van der Waals surface area contributed by atoms with Gasteiger partial charge in [0.2, 0.25) is 0 Å². The predicted molar refractivity (Wildman–Crippen MR) is 48.8 cm³/mol. The molecule has 1 aliphatic rings. The van der Waals surface area contributed by atoms with Crippen molar-refractivity contribution >= 4 is 0 Å². The molecule has 0 aromatic carbocycles. The third-order valence-corrected chi connectivity index (χ3v) is 1.40. The molecule has 2 rings (SSSR count). The van der Waals surface area contributed by atoms with E-state index in [1.165, 1.54) is 0 Å². The molecule has 1 aromatic heterocycles. The summed E-state index contributed by atoms with van der Waals surface area (Å²) in [6.45, 7) is -6.60. The molecule has 2 nitrogen and oxygen atoms in total. The van der Waals surface area contributed by atoms with Gasteiger partial charge in [0.25, 0.3) is 0 Å². The van der Waals surface area contributed by atoms with Crippen LogP contribution < -0.4 is 0 Å². The number of aromatic nitrogens is 1. The molecule has 0 bridgehead atoms. The number of hydrogen-bond donors (Lipinski definition) is 0. The second kappa shape index (κ2) is 3.23. The van der Waals surface area contributed by atoms with Gasteiger partial charge in [-0.1, -0.05) is 6.04 Å². The van der Waals surface area contributed by atoms with Gasteiger partial charge in [-0.25, -0.2) is 0 Å². The lowest BCUT2D eigenvalue weighted by Gasteiger charge is -2.18. The number of likely N-dealkylation sites (tertiary alicyclic amines) is 1. The van der Waals surface area contributed by atoms with Gasteiger partial charge in [0, 0.05) is 30.7 Å². The van der Waals surface area contributed by atoms with E-state index in [-0.39, 0.29) is 4.90 Å². The van der Waals surface area contributed by atoms with Crippen molar-refractivity contribution in [2.24, 2.45) is 0 Å². The summed E-state index contributed by atoms with van der Waals surface area (Å²) in [4.78, 5) is 3.33. The second-order valence-corrected chi connectivity index (χ2v) is 2.15. The van der Waals surface area contributed by atoms with Crippen LogP contribution in [0.2, 0.25) is 0 Å². The van der Waals surface area contributed by atoms with Gasteiger partial charge in [-0.05, 0) is 37.8 Å². The van der Waals surface area contributed by atoms with Gasteiger partial charge in [-0.15, -0.1) is 0 Å². The van der Waals surface area contributed by atoms with E-state index >= 15 is 0 Å². The average Bonchev–Trinajstić information content (AvgIpc) is 2.51. The molecule has 0 radical (unpaired) electrons. The van der Waals surface area contributed by atoms with Crippen molar-refractivity contribution in [1.29, 1.82) is 0 Å². The number of pyridine rings is 1. The third kappa shape index (κ3) is 1.34. The lowest BCUT2D eigenvalue weighted by molar-refractivity contribution is 0.317. The van der Waals surface area contributed by atoms with Crippen LogP contribution in [-0.2, 0) is 0 Å². The Kier molecular flexibility index (Phi) is 0.485. The maximum Gasteiger partial charge on any atom is 0.0843 e. The Labute approximate surface area is 91.5 Å². The highest BCUT2D eigenvalue weighted by atomic mass is 15.1. The van der Waals surface area contributed by atoms with Crippen LogP contribution >= 0.6 is 0 Å². The molecule has 12 heavy (non-hydrogen) atoms. The first-order valence-electron chi connectivity index (χ1n) is 9.73. The van der Waals surface area contributed by atoms with Gasteiger partial charge < -0.3 is 0 Å². The van der Waals surface area contributed by atoms with Crippen LogP contribution in [0.3, 0.4) is 0 Å². The van der Waals surface area contributed by atoms with E-state index < -0.39 is 62.3 Å². The average molecular weight is 175 g/mol. The van der Waals surface area contributed by atoms with Crippen LogP contribution in [0, 0.1) is 0 Å². The molecule has 0 aliphatic carbocycles. The Morgan fingerprint density at radius 1 is 1.92 bits per heavy atom. The summed E-state index contributed by atoms with van der Waals surface area (Å²) in [6, 6.07) is -3.86. The first-order valence-corrected chi connectivity index (χ1v) is 3.23. The Bertz CT molecular complexity index is 710. The summed E-state index contributed by atoms with van der Waals surface area (Å²) in [5.74, 6) is 0. The predicted octanol–water partition coefficient (Wildman–Crippen LogP) is 1.85. The smallest absolute Gasteiger partial charge is 0.0843 e. The van der Waals surface area contributed by atoms with Crippen LogP contribution in [0.15, 0.2) is 24.4 Å². The van der Waals surface area contributed by atoms with E-state index in [9.17, 15) is 0 Å². The molecule has 1 aliphatic heterocycles. The highest BCUT2D eigenvalue weighted by molar-refractivity contribution is 5.14. The molecule has 0 unspecified atom stereocenters. The van der Waals surface area contributed by atoms with E-state index in [2.05, 4.69) is 4.98 Å². The summed E-state index contributed by atoms with van der Waals surface area (Å²) in [5.41, 5.74) is -0.743. The summed E-state index contributed by atoms with van der Waals surface area (Å²) in [6.07, 6.45) is -8.08. The molecule has 0 amide bonds. The molecule has 0 spiro atoms. The molecular formula is C10H14N2. The van der Waals surface area contributed by atoms with Crippen molar-refractivity contribution in [3.8, 4) is 0 Å². The highest BCUT2D eigenvalue weighted by Crippen LogP contribution is 2.29. The molecule has 1 atom stereocenters. The zero-order chi connectivity index (χ0) is 19.7. The van der Waals surface area contributed by atoms with Gasteiger partial charge in [0.1, 0.15) is 0 Å². The fourth-order valence-electron chi connectivity index (χ4n) is 0.860. The monoisotopic (exact) mass is 175 g/mol. The van der Waals surface area contributed by atoms with E-state index in [0.717, 1.165) is 0 Å². The first-order chi connectivity index (χ1) is 11.0. The van der Waals surface area contributed by atoms with Gasteiger partial charge in [0.15, 0.2) is 0 Å². The minimum atomic E-state index is -3.31. The third-order valence-electron chi connectivity index (χ3n) is 1.40. The van der Waals surface area contributed by atoms with Crippen molar-refractivity contribution in [3.05, 3.63) is 30.0 Å². The van der Waals surface area contributed by atoms with Crippen molar-refractivity contribution in [3.63, 3.8) is 0 Å². The van der Waals surface area contributed by atoms with Crippen LogP contribution in [0.25, 0.3) is 0 Å². The number of nitrogens with zero attached hydrogens (tertiary/aromatic N) is 2. The molecule has 1 aromatic rings. The molecule has 2 heteroatoms. The lowest BCUT2D eigenvalue weighted by atomic mass is 10.1. The maximum atomic E-state index is 8.02. The van der Waals surface area contributed by atoms with Gasteiger partial charge in [0.05, 0.1) is 5.48 Å². The van der Waals surface area contributed by atoms with E-state index in [0.29, 0.717) is 0 Å². The molecule has 0 N–H and O–H groups in total. The summed E-state index contributed by atoms with van der Waals surface area (Å²) in [7, 11) is 0. The van der Waals surface area contributed by atoms with Crippen molar-refractivity contribution in [2.45, 2.75) is 18.8 Å². The molecular weight excluding hydrogens is 148 g/mol. The zero-order valence-electron chi connectivity index (χ0n) is 19.0. The SMILES string of the molecule is [2H]c1nc([2H])c([C@H]2N(C([2H])([2H])[2H])C([2H])([2H])C([2H])([2H])C2([2H])[2H])c([2H])c1[2H]. The van der Waals surface area contributed by atoms with Crippen molar-refractivity contribution < 1.29 is 17.8 Å². The van der Waals surface area contributed by atoms with E-state index in [1.54, 1.807) is 0 Å². The standard InChI is InChI=1S/C10H14N2/c1-12-7-3-5-10(12)9-4-2-6-11-8-9/h2,4,6,8,10H,3,5,7H2,1H3/t10-/m0/s1/i1D3,2D,3D2,4D,5D2,6D,7D2,8D. The quantitative estimate of drug-likeness (QED) is 0.647. The Balaban J connectivity index is 2.89. The fourth-order valence-corrected chi connectivity index (χ4v) is 0.860.